The van der Waals surface area contributed by atoms with Gasteiger partial charge < -0.3 is 0 Å². The van der Waals surface area contributed by atoms with Crippen LogP contribution in [0.2, 0.25) is 0 Å². The number of rotatable bonds is 3. The molecule has 2 aromatic rings. The highest BCUT2D eigenvalue weighted by Crippen LogP contribution is 2.19. The highest BCUT2D eigenvalue weighted by atomic mass is 79.9. The lowest BCUT2D eigenvalue weighted by Crippen LogP contribution is -2.08. The Morgan fingerprint density at radius 3 is 2.37 bits per heavy atom. The number of halogens is 2. The average molecular weight is 321 g/mol. The molecule has 0 aliphatic heterocycles. The topological polar surface area (TPSA) is 17.1 Å². The first-order chi connectivity index (χ1) is 8.97. The fourth-order valence-corrected chi connectivity index (χ4v) is 2.72. The standard InChI is InChI=1S/C16H14BrFO/c1-10-6-14(18)7-11(2)16(10)15(19)9-12-4-3-5-13(17)8-12/h3-8H,9H2,1-2H3. The summed E-state index contributed by atoms with van der Waals surface area (Å²) in [5, 5.41) is 0. The van der Waals surface area contributed by atoms with Gasteiger partial charge in [-0.25, -0.2) is 4.39 Å². The lowest BCUT2D eigenvalue weighted by Gasteiger charge is -2.09. The minimum Gasteiger partial charge on any atom is -0.294 e. The van der Waals surface area contributed by atoms with Gasteiger partial charge in [-0.1, -0.05) is 28.1 Å². The van der Waals surface area contributed by atoms with Crippen LogP contribution in [-0.2, 0) is 6.42 Å². The highest BCUT2D eigenvalue weighted by Gasteiger charge is 2.14. The fraction of sp³-hybridized carbons (Fsp3) is 0.188. The van der Waals surface area contributed by atoms with Crippen LogP contribution < -0.4 is 0 Å². The number of carbonyl (C=O) groups is 1. The van der Waals surface area contributed by atoms with Gasteiger partial charge in [-0.15, -0.1) is 0 Å². The van der Waals surface area contributed by atoms with E-state index in [0.29, 0.717) is 23.1 Å². The molecule has 0 saturated heterocycles. The van der Waals surface area contributed by atoms with Crippen molar-refractivity contribution in [2.45, 2.75) is 20.3 Å². The third-order valence-corrected chi connectivity index (χ3v) is 3.52. The van der Waals surface area contributed by atoms with E-state index >= 15 is 0 Å². The molecule has 0 radical (unpaired) electrons. The van der Waals surface area contributed by atoms with Crippen molar-refractivity contribution in [3.05, 3.63) is 68.9 Å². The van der Waals surface area contributed by atoms with E-state index in [9.17, 15) is 9.18 Å². The van der Waals surface area contributed by atoms with Crippen molar-refractivity contribution in [3.8, 4) is 0 Å². The van der Waals surface area contributed by atoms with E-state index in [0.717, 1.165) is 10.0 Å². The van der Waals surface area contributed by atoms with E-state index in [2.05, 4.69) is 15.9 Å². The second-order valence-electron chi connectivity index (χ2n) is 4.64. The maximum absolute atomic E-state index is 13.2. The molecule has 19 heavy (non-hydrogen) atoms. The number of ketones is 1. The molecular formula is C16H14BrFO. The maximum atomic E-state index is 13.2. The second-order valence-corrected chi connectivity index (χ2v) is 5.56. The number of hydrogen-bond donors (Lipinski definition) is 0. The third kappa shape index (κ3) is 3.29. The number of carbonyl (C=O) groups excluding carboxylic acids is 1. The molecule has 0 spiro atoms. The molecule has 3 heteroatoms. The molecule has 0 atom stereocenters. The van der Waals surface area contributed by atoms with Crippen molar-refractivity contribution in [1.82, 2.24) is 0 Å². The first-order valence-corrected chi connectivity index (χ1v) is 6.81. The van der Waals surface area contributed by atoms with Gasteiger partial charge in [-0.3, -0.25) is 4.79 Å². The van der Waals surface area contributed by atoms with Crippen LogP contribution in [0.3, 0.4) is 0 Å². The normalized spacial score (nSPS) is 10.5. The van der Waals surface area contributed by atoms with Crippen molar-refractivity contribution in [2.24, 2.45) is 0 Å². The third-order valence-electron chi connectivity index (χ3n) is 3.03. The lowest BCUT2D eigenvalue weighted by molar-refractivity contribution is 0.0992. The highest BCUT2D eigenvalue weighted by molar-refractivity contribution is 9.10. The Hall–Kier alpha value is -1.48. The van der Waals surface area contributed by atoms with E-state index < -0.39 is 0 Å². The lowest BCUT2D eigenvalue weighted by atomic mass is 9.95. The van der Waals surface area contributed by atoms with E-state index in [1.807, 2.05) is 24.3 Å². The Balaban J connectivity index is 2.31. The van der Waals surface area contributed by atoms with Crippen LogP contribution in [0.4, 0.5) is 4.39 Å². The van der Waals surface area contributed by atoms with Crippen LogP contribution in [0.5, 0.6) is 0 Å². The number of hydrogen-bond acceptors (Lipinski definition) is 1. The zero-order chi connectivity index (χ0) is 14.0. The van der Waals surface area contributed by atoms with E-state index in [-0.39, 0.29) is 11.6 Å². The van der Waals surface area contributed by atoms with Crippen LogP contribution in [0.25, 0.3) is 0 Å². The molecule has 0 aromatic heterocycles. The van der Waals surface area contributed by atoms with Crippen molar-refractivity contribution >= 4 is 21.7 Å². The molecule has 0 fully saturated rings. The van der Waals surface area contributed by atoms with Gasteiger partial charge in [0.05, 0.1) is 0 Å². The Kier molecular flexibility index (Phi) is 4.15. The molecule has 0 unspecified atom stereocenters. The summed E-state index contributed by atoms with van der Waals surface area (Å²) in [6, 6.07) is 10.5. The van der Waals surface area contributed by atoms with Crippen molar-refractivity contribution in [2.75, 3.05) is 0 Å². The Morgan fingerprint density at radius 2 is 1.79 bits per heavy atom. The predicted molar refractivity (Wildman–Crippen MR) is 78.1 cm³/mol. The van der Waals surface area contributed by atoms with Crippen LogP contribution in [0, 0.1) is 19.7 Å². The Bertz CT molecular complexity index is 611. The monoisotopic (exact) mass is 320 g/mol. The molecule has 0 bridgehead atoms. The smallest absolute Gasteiger partial charge is 0.167 e. The minimum absolute atomic E-state index is 0.0214. The van der Waals surface area contributed by atoms with Crippen molar-refractivity contribution in [1.29, 1.82) is 0 Å². The summed E-state index contributed by atoms with van der Waals surface area (Å²) in [6.07, 6.45) is 0.326. The summed E-state index contributed by atoms with van der Waals surface area (Å²) < 4.78 is 14.2. The molecule has 0 N–H and O–H groups in total. The molecule has 0 aliphatic carbocycles. The van der Waals surface area contributed by atoms with Crippen LogP contribution in [0.1, 0.15) is 27.0 Å². The molecule has 0 amide bonds. The molecule has 0 heterocycles. The molecule has 0 saturated carbocycles. The minimum atomic E-state index is -0.297. The van der Waals surface area contributed by atoms with Crippen molar-refractivity contribution < 1.29 is 9.18 Å². The predicted octanol–water partition coefficient (Wildman–Crippen LogP) is 4.63. The Morgan fingerprint density at radius 1 is 1.16 bits per heavy atom. The largest absolute Gasteiger partial charge is 0.294 e. The summed E-state index contributed by atoms with van der Waals surface area (Å²) >= 11 is 3.39. The summed E-state index contributed by atoms with van der Waals surface area (Å²) in [5.41, 5.74) is 2.96. The SMILES string of the molecule is Cc1cc(F)cc(C)c1C(=O)Cc1cccc(Br)c1. The molecule has 2 aromatic carbocycles. The summed E-state index contributed by atoms with van der Waals surface area (Å²) in [5.74, 6) is -0.276. The summed E-state index contributed by atoms with van der Waals surface area (Å²) in [6.45, 7) is 3.54. The van der Waals surface area contributed by atoms with Gasteiger partial charge >= 0.3 is 0 Å². The van der Waals surface area contributed by atoms with Crippen LogP contribution in [-0.4, -0.2) is 5.78 Å². The second kappa shape index (κ2) is 5.66. The quantitative estimate of drug-likeness (QED) is 0.753. The summed E-state index contributed by atoms with van der Waals surface area (Å²) in [4.78, 5) is 12.3. The van der Waals surface area contributed by atoms with Gasteiger partial charge in [0.1, 0.15) is 5.82 Å². The Labute approximate surface area is 120 Å². The van der Waals surface area contributed by atoms with E-state index in [1.165, 1.54) is 12.1 Å². The zero-order valence-corrected chi connectivity index (χ0v) is 12.4. The molecule has 0 aliphatic rings. The number of benzene rings is 2. The first kappa shape index (κ1) is 13.9. The van der Waals surface area contributed by atoms with E-state index in [4.69, 9.17) is 0 Å². The zero-order valence-electron chi connectivity index (χ0n) is 10.8. The van der Waals surface area contributed by atoms with Gasteiger partial charge in [0, 0.05) is 16.5 Å². The van der Waals surface area contributed by atoms with Crippen LogP contribution in [0.15, 0.2) is 40.9 Å². The summed E-state index contributed by atoms with van der Waals surface area (Å²) in [7, 11) is 0. The van der Waals surface area contributed by atoms with Gasteiger partial charge in [0.2, 0.25) is 0 Å². The average Bonchev–Trinajstić information content (AvgIpc) is 2.27. The van der Waals surface area contributed by atoms with Gasteiger partial charge in [0.15, 0.2) is 5.78 Å². The molecular weight excluding hydrogens is 307 g/mol. The number of Topliss-reactive ketones (excluding diaryl/α,β-unsaturated/α-hetero) is 1. The van der Waals surface area contributed by atoms with Gasteiger partial charge in [-0.2, -0.15) is 0 Å². The molecule has 98 valence electrons. The molecule has 2 rings (SSSR count). The van der Waals surface area contributed by atoms with Gasteiger partial charge in [-0.05, 0) is 54.8 Å². The molecule has 1 nitrogen and oxygen atoms in total. The fourth-order valence-electron chi connectivity index (χ4n) is 2.27. The van der Waals surface area contributed by atoms with Crippen molar-refractivity contribution in [3.63, 3.8) is 0 Å². The van der Waals surface area contributed by atoms with Crippen LogP contribution >= 0.6 is 15.9 Å². The first-order valence-electron chi connectivity index (χ1n) is 6.02. The maximum Gasteiger partial charge on any atom is 0.167 e. The van der Waals surface area contributed by atoms with Gasteiger partial charge in [0.25, 0.3) is 0 Å². The number of aryl methyl sites for hydroxylation is 2. The van der Waals surface area contributed by atoms with E-state index in [1.54, 1.807) is 13.8 Å².